The van der Waals surface area contributed by atoms with E-state index in [2.05, 4.69) is 17.4 Å². The molecule has 0 bridgehead atoms. The van der Waals surface area contributed by atoms with E-state index < -0.39 is 24.0 Å². The number of hydrogen-bond acceptors (Lipinski definition) is 6. The lowest BCUT2D eigenvalue weighted by atomic mass is 9.78. The number of piperazine rings is 1. The largest absolute Gasteiger partial charge is 0.497 e. The van der Waals surface area contributed by atoms with Gasteiger partial charge in [-0.05, 0) is 79.6 Å². The zero-order chi connectivity index (χ0) is 28.2. The quantitative estimate of drug-likeness (QED) is 0.485. The van der Waals surface area contributed by atoms with Crippen molar-refractivity contribution in [2.75, 3.05) is 46.4 Å². The van der Waals surface area contributed by atoms with Crippen molar-refractivity contribution in [2.24, 2.45) is 11.8 Å². The van der Waals surface area contributed by atoms with Crippen LogP contribution in [0.15, 0.2) is 36.4 Å². The molecule has 10 heteroatoms. The summed E-state index contributed by atoms with van der Waals surface area (Å²) in [6.45, 7) is 3.05. The molecule has 2 atom stereocenters. The number of β-lactam (4-membered cyclic amide) rings is 1. The summed E-state index contributed by atoms with van der Waals surface area (Å²) < 4.78 is 5.32. The SMILES string of the molecule is COc1ccc2c(CCCC(=O)N3CCN(C(=O)N4C(=O)[C@H](CC5CCNCC5)[C@H]4C(=O)O)CC3)cccc2c1. The van der Waals surface area contributed by atoms with Crippen molar-refractivity contribution >= 4 is 34.6 Å². The first-order valence-corrected chi connectivity index (χ1v) is 14.3. The molecule has 4 amide bonds. The van der Waals surface area contributed by atoms with Crippen molar-refractivity contribution in [1.29, 1.82) is 0 Å². The smallest absolute Gasteiger partial charge is 0.327 e. The predicted octanol–water partition coefficient (Wildman–Crippen LogP) is 2.74. The molecule has 0 spiro atoms. The second kappa shape index (κ2) is 12.2. The van der Waals surface area contributed by atoms with Gasteiger partial charge in [-0.2, -0.15) is 0 Å². The maximum Gasteiger partial charge on any atom is 0.327 e. The number of likely N-dealkylation sites (tertiary alicyclic amines) is 1. The lowest BCUT2D eigenvalue weighted by Gasteiger charge is -2.47. The summed E-state index contributed by atoms with van der Waals surface area (Å²) in [4.78, 5) is 55.1. The highest BCUT2D eigenvalue weighted by Gasteiger charge is 2.56. The Morgan fingerprint density at radius 2 is 1.75 bits per heavy atom. The number of amides is 4. The summed E-state index contributed by atoms with van der Waals surface area (Å²) in [6.07, 6.45) is 4.24. The summed E-state index contributed by atoms with van der Waals surface area (Å²) in [6, 6.07) is 10.5. The number of methoxy groups -OCH3 is 1. The van der Waals surface area contributed by atoms with Crippen molar-refractivity contribution in [3.63, 3.8) is 0 Å². The molecular weight excluding hydrogens is 512 g/mol. The molecule has 3 fully saturated rings. The Morgan fingerprint density at radius 3 is 2.45 bits per heavy atom. The van der Waals surface area contributed by atoms with Gasteiger partial charge in [0.05, 0.1) is 13.0 Å². The zero-order valence-electron chi connectivity index (χ0n) is 23.0. The van der Waals surface area contributed by atoms with Gasteiger partial charge < -0.3 is 25.0 Å². The maximum absolute atomic E-state index is 13.1. The molecule has 0 aromatic heterocycles. The number of nitrogens with one attached hydrogen (secondary N) is 1. The first kappa shape index (κ1) is 27.9. The molecule has 10 nitrogen and oxygen atoms in total. The topological polar surface area (TPSA) is 119 Å². The number of aryl methyl sites for hydroxylation is 1. The summed E-state index contributed by atoms with van der Waals surface area (Å²) in [5, 5.41) is 15.3. The Bertz CT molecular complexity index is 1270. The number of carboxylic acids is 1. The molecule has 214 valence electrons. The molecule has 0 unspecified atom stereocenters. The van der Waals surface area contributed by atoms with Gasteiger partial charge in [-0.25, -0.2) is 14.5 Å². The van der Waals surface area contributed by atoms with Gasteiger partial charge in [0.2, 0.25) is 11.8 Å². The van der Waals surface area contributed by atoms with Gasteiger partial charge in [0.25, 0.3) is 0 Å². The highest BCUT2D eigenvalue weighted by atomic mass is 16.5. The molecule has 3 aliphatic heterocycles. The number of ether oxygens (including phenoxy) is 1. The number of fused-ring (bicyclic) bond motifs is 1. The fraction of sp³-hybridized carbons (Fsp3) is 0.533. The van der Waals surface area contributed by atoms with E-state index in [0.717, 1.165) is 53.8 Å². The van der Waals surface area contributed by atoms with Gasteiger partial charge in [-0.1, -0.05) is 24.3 Å². The molecule has 3 aliphatic rings. The summed E-state index contributed by atoms with van der Waals surface area (Å²) in [5.41, 5.74) is 1.19. The van der Waals surface area contributed by atoms with Crippen LogP contribution in [0.25, 0.3) is 10.8 Å². The molecular formula is C30H38N4O6. The fourth-order valence-electron chi connectivity index (χ4n) is 6.31. The second-order valence-corrected chi connectivity index (χ2v) is 11.0. The van der Waals surface area contributed by atoms with Gasteiger partial charge in [0, 0.05) is 32.6 Å². The van der Waals surface area contributed by atoms with Gasteiger partial charge >= 0.3 is 12.0 Å². The number of carboxylic acid groups (broad SMARTS) is 1. The van der Waals surface area contributed by atoms with E-state index in [-0.39, 0.29) is 24.9 Å². The third-order valence-corrected chi connectivity index (χ3v) is 8.64. The lowest BCUT2D eigenvalue weighted by molar-refractivity contribution is -0.167. The van der Waals surface area contributed by atoms with Crippen LogP contribution in [0.3, 0.4) is 0 Å². The molecule has 2 N–H and O–H groups in total. The predicted molar refractivity (Wildman–Crippen MR) is 149 cm³/mol. The minimum Gasteiger partial charge on any atom is -0.497 e. The Labute approximate surface area is 234 Å². The summed E-state index contributed by atoms with van der Waals surface area (Å²) in [5.74, 6) is -1.01. The van der Waals surface area contributed by atoms with E-state index >= 15 is 0 Å². The molecule has 3 heterocycles. The van der Waals surface area contributed by atoms with Gasteiger partial charge in [0.1, 0.15) is 5.75 Å². The highest BCUT2D eigenvalue weighted by Crippen LogP contribution is 2.36. The maximum atomic E-state index is 13.1. The van der Waals surface area contributed by atoms with E-state index in [1.165, 1.54) is 10.5 Å². The monoisotopic (exact) mass is 550 g/mol. The van der Waals surface area contributed by atoms with Crippen LogP contribution in [0.4, 0.5) is 4.79 Å². The van der Waals surface area contributed by atoms with E-state index in [4.69, 9.17) is 4.74 Å². The first-order valence-electron chi connectivity index (χ1n) is 14.3. The van der Waals surface area contributed by atoms with Gasteiger partial charge in [-0.15, -0.1) is 0 Å². The van der Waals surface area contributed by atoms with Crippen molar-refractivity contribution in [3.8, 4) is 5.75 Å². The van der Waals surface area contributed by atoms with Crippen molar-refractivity contribution in [2.45, 2.75) is 44.6 Å². The Kier molecular flexibility index (Phi) is 8.54. The molecule has 3 saturated heterocycles. The number of rotatable bonds is 8. The number of urea groups is 1. The zero-order valence-corrected chi connectivity index (χ0v) is 23.0. The number of piperidine rings is 1. The average Bonchev–Trinajstić information content (AvgIpc) is 2.98. The molecule has 40 heavy (non-hydrogen) atoms. The highest BCUT2D eigenvalue weighted by molar-refractivity contribution is 6.07. The standard InChI is InChI=1S/C30H38N4O6/c1-40-23-8-9-24-21(4-2-6-22(24)19-23)5-3-7-26(35)32-14-16-33(17-15-32)30(39)34-27(29(37)38)25(28(34)36)18-20-10-12-31-13-11-20/h2,4,6,8-9,19-20,25,27,31H,3,5,7,10-18H2,1H3,(H,37,38)/t25-,27+/m1/s1. The van der Waals surface area contributed by atoms with Crippen molar-refractivity contribution in [3.05, 3.63) is 42.0 Å². The van der Waals surface area contributed by atoms with Gasteiger partial charge in [-0.3, -0.25) is 9.59 Å². The second-order valence-electron chi connectivity index (χ2n) is 11.0. The number of benzene rings is 2. The van der Waals surface area contributed by atoms with Crippen LogP contribution in [0.5, 0.6) is 5.75 Å². The third-order valence-electron chi connectivity index (χ3n) is 8.64. The van der Waals surface area contributed by atoms with E-state index in [9.17, 15) is 24.3 Å². The Balaban J connectivity index is 1.10. The summed E-state index contributed by atoms with van der Waals surface area (Å²) >= 11 is 0. The normalized spacial score (nSPS) is 21.8. The molecule has 0 saturated carbocycles. The van der Waals surface area contributed by atoms with Crippen LogP contribution in [0.2, 0.25) is 0 Å². The Hall–Kier alpha value is -3.66. The first-order chi connectivity index (χ1) is 19.4. The number of hydrogen-bond donors (Lipinski definition) is 2. The van der Waals surface area contributed by atoms with Crippen LogP contribution in [-0.4, -0.2) is 96.0 Å². The number of carbonyl (C=O) groups is 4. The molecule has 2 aromatic rings. The molecule has 2 aromatic carbocycles. The Morgan fingerprint density at radius 1 is 1.02 bits per heavy atom. The van der Waals surface area contributed by atoms with Gasteiger partial charge in [0.15, 0.2) is 6.04 Å². The van der Waals surface area contributed by atoms with Crippen LogP contribution >= 0.6 is 0 Å². The van der Waals surface area contributed by atoms with Crippen LogP contribution in [-0.2, 0) is 20.8 Å². The molecule has 5 rings (SSSR count). The molecule has 0 radical (unpaired) electrons. The number of aliphatic carboxylic acids is 1. The van der Waals surface area contributed by atoms with Crippen LogP contribution in [0, 0.1) is 11.8 Å². The fourth-order valence-corrected chi connectivity index (χ4v) is 6.31. The number of nitrogens with zero attached hydrogens (tertiary/aromatic N) is 3. The van der Waals surface area contributed by atoms with E-state index in [1.807, 2.05) is 24.3 Å². The minimum atomic E-state index is -1.13. The van der Waals surface area contributed by atoms with Crippen LogP contribution in [0.1, 0.15) is 37.7 Å². The van der Waals surface area contributed by atoms with E-state index in [0.29, 0.717) is 38.3 Å². The summed E-state index contributed by atoms with van der Waals surface area (Å²) in [7, 11) is 1.65. The molecule has 0 aliphatic carbocycles. The number of carbonyl (C=O) groups excluding carboxylic acids is 3. The average molecular weight is 551 g/mol. The number of imide groups is 1. The van der Waals surface area contributed by atoms with E-state index in [1.54, 1.807) is 12.0 Å². The third kappa shape index (κ3) is 5.77. The van der Waals surface area contributed by atoms with Crippen molar-refractivity contribution < 1.29 is 29.0 Å². The van der Waals surface area contributed by atoms with Crippen molar-refractivity contribution in [1.82, 2.24) is 20.0 Å². The minimum absolute atomic E-state index is 0.0412. The van der Waals surface area contributed by atoms with Crippen LogP contribution < -0.4 is 10.1 Å². The lowest BCUT2D eigenvalue weighted by Crippen LogP contribution is -2.69.